The Bertz CT molecular complexity index is 513. The van der Waals surface area contributed by atoms with E-state index in [-0.39, 0.29) is 18.3 Å². The first-order chi connectivity index (χ1) is 10.5. The Balaban J connectivity index is 3.29. The molecule has 0 aliphatic carbocycles. The molecule has 1 heterocycles. The van der Waals surface area contributed by atoms with Gasteiger partial charge < -0.3 is 9.47 Å². The number of methoxy groups -OCH3 is 1. The lowest BCUT2D eigenvalue weighted by molar-refractivity contribution is -0.153. The largest absolute Gasteiger partial charge is 0.460 e. The van der Waals surface area contributed by atoms with E-state index in [1.165, 1.54) is 0 Å². The molecule has 1 rings (SSSR count). The summed E-state index contributed by atoms with van der Waals surface area (Å²) < 4.78 is 10.7. The summed E-state index contributed by atoms with van der Waals surface area (Å²) >= 11 is 0. The highest BCUT2D eigenvalue weighted by Crippen LogP contribution is 2.28. The first-order valence-electron chi connectivity index (χ1n) is 8.28. The second kappa shape index (κ2) is 7.91. The fourth-order valence-corrected chi connectivity index (χ4v) is 2.60. The molecule has 130 valence electrons. The van der Waals surface area contributed by atoms with Gasteiger partial charge in [-0.15, -0.1) is 0 Å². The molecule has 0 amide bonds. The van der Waals surface area contributed by atoms with Crippen LogP contribution < -0.4 is 0 Å². The number of rotatable bonds is 6. The number of esters is 1. The Labute approximate surface area is 140 Å². The average Bonchev–Trinajstić information content (AvgIpc) is 2.37. The highest BCUT2D eigenvalue weighted by molar-refractivity contribution is 5.74. The van der Waals surface area contributed by atoms with Crippen LogP contribution in [0, 0.1) is 0 Å². The van der Waals surface area contributed by atoms with Gasteiger partial charge in [0.1, 0.15) is 5.60 Å². The summed E-state index contributed by atoms with van der Waals surface area (Å²) in [7, 11) is 1.67. The molecule has 0 spiro atoms. The molecule has 0 saturated heterocycles. The summed E-state index contributed by atoms with van der Waals surface area (Å²) in [6.45, 7) is 14.6. The van der Waals surface area contributed by atoms with Crippen LogP contribution in [0.15, 0.2) is 6.07 Å². The van der Waals surface area contributed by atoms with Crippen molar-refractivity contribution >= 4 is 5.97 Å². The minimum absolute atomic E-state index is 0.206. The summed E-state index contributed by atoms with van der Waals surface area (Å²) in [5.74, 6) is 0.341. The number of ether oxygens (including phenoxy) is 2. The van der Waals surface area contributed by atoms with Gasteiger partial charge in [-0.3, -0.25) is 9.78 Å². The van der Waals surface area contributed by atoms with E-state index in [0.29, 0.717) is 12.5 Å². The van der Waals surface area contributed by atoms with Crippen molar-refractivity contribution < 1.29 is 14.3 Å². The maximum Gasteiger partial charge on any atom is 0.310 e. The van der Waals surface area contributed by atoms with Gasteiger partial charge in [0.25, 0.3) is 0 Å². The Morgan fingerprint density at radius 2 is 1.78 bits per heavy atom. The predicted octanol–water partition coefficient (Wildman–Crippen LogP) is 4.36. The maximum absolute atomic E-state index is 12.3. The number of hydrogen-bond acceptors (Lipinski definition) is 4. The second-order valence-electron chi connectivity index (χ2n) is 7.57. The second-order valence-corrected chi connectivity index (χ2v) is 7.57. The normalized spacial score (nSPS) is 12.1. The van der Waals surface area contributed by atoms with E-state index in [4.69, 9.17) is 14.5 Å². The Morgan fingerprint density at radius 1 is 1.17 bits per heavy atom. The number of carbonyl (C=O) groups is 1. The molecule has 0 saturated carbocycles. The summed E-state index contributed by atoms with van der Waals surface area (Å²) in [6.07, 6.45) is 0.262. The van der Waals surface area contributed by atoms with Gasteiger partial charge in [0.05, 0.1) is 18.7 Å². The smallest absolute Gasteiger partial charge is 0.310 e. The zero-order valence-electron chi connectivity index (χ0n) is 15.8. The van der Waals surface area contributed by atoms with Gasteiger partial charge in [-0.1, -0.05) is 27.7 Å². The van der Waals surface area contributed by atoms with Crippen LogP contribution in [0.5, 0.6) is 0 Å². The minimum atomic E-state index is -0.476. The fourth-order valence-electron chi connectivity index (χ4n) is 2.60. The molecule has 4 heteroatoms. The highest BCUT2D eigenvalue weighted by Gasteiger charge is 2.23. The first kappa shape index (κ1) is 19.6. The van der Waals surface area contributed by atoms with E-state index >= 15 is 0 Å². The topological polar surface area (TPSA) is 48.4 Å². The number of pyridine rings is 1. The van der Waals surface area contributed by atoms with E-state index in [1.54, 1.807) is 7.11 Å². The molecule has 23 heavy (non-hydrogen) atoms. The average molecular weight is 321 g/mol. The minimum Gasteiger partial charge on any atom is -0.460 e. The van der Waals surface area contributed by atoms with Crippen LogP contribution in [0.4, 0.5) is 0 Å². The molecular formula is C19H31NO3. The fraction of sp³-hybridized carbons (Fsp3) is 0.684. The molecule has 0 bridgehead atoms. The van der Waals surface area contributed by atoms with Crippen molar-refractivity contribution in [2.24, 2.45) is 0 Å². The third-order valence-corrected chi connectivity index (χ3v) is 3.45. The van der Waals surface area contributed by atoms with Crippen LogP contribution in [0.2, 0.25) is 0 Å². The lowest BCUT2D eigenvalue weighted by Gasteiger charge is -2.23. The molecule has 0 fully saturated rings. The van der Waals surface area contributed by atoms with Crippen LogP contribution in [-0.2, 0) is 27.3 Å². The number of nitrogens with zero attached hydrogens (tertiary/aromatic N) is 1. The maximum atomic E-state index is 12.3. The molecule has 0 aromatic carbocycles. The van der Waals surface area contributed by atoms with Crippen molar-refractivity contribution in [1.29, 1.82) is 0 Å². The van der Waals surface area contributed by atoms with Gasteiger partial charge in [0.2, 0.25) is 0 Å². The number of hydrogen-bond donors (Lipinski definition) is 0. The van der Waals surface area contributed by atoms with E-state index in [0.717, 1.165) is 22.5 Å². The molecule has 1 aromatic heterocycles. The van der Waals surface area contributed by atoms with Gasteiger partial charge in [-0.2, -0.15) is 0 Å². The van der Waals surface area contributed by atoms with Crippen molar-refractivity contribution in [1.82, 2.24) is 4.98 Å². The van der Waals surface area contributed by atoms with E-state index in [2.05, 4.69) is 33.8 Å². The van der Waals surface area contributed by atoms with Crippen LogP contribution in [0.3, 0.4) is 0 Å². The van der Waals surface area contributed by atoms with Gasteiger partial charge in [0, 0.05) is 12.8 Å². The predicted molar refractivity (Wildman–Crippen MR) is 92.7 cm³/mol. The van der Waals surface area contributed by atoms with Crippen LogP contribution >= 0.6 is 0 Å². The first-order valence-corrected chi connectivity index (χ1v) is 8.28. The SMILES string of the molecule is COCc1cc(C(C)C)c(CC(=O)OC(C)(C)C)c(C(C)C)n1. The molecule has 0 atom stereocenters. The van der Waals surface area contributed by atoms with E-state index in [1.807, 2.05) is 20.8 Å². The summed E-state index contributed by atoms with van der Waals surface area (Å²) in [4.78, 5) is 17.0. The van der Waals surface area contributed by atoms with Crippen molar-refractivity contribution in [3.8, 4) is 0 Å². The summed E-state index contributed by atoms with van der Waals surface area (Å²) in [6, 6.07) is 2.06. The molecule has 4 nitrogen and oxygen atoms in total. The van der Waals surface area contributed by atoms with Crippen LogP contribution in [0.1, 0.15) is 82.8 Å². The van der Waals surface area contributed by atoms with Gasteiger partial charge in [0.15, 0.2) is 0 Å². The van der Waals surface area contributed by atoms with Crippen LogP contribution in [-0.4, -0.2) is 23.7 Å². The molecule has 0 aliphatic rings. The zero-order chi connectivity index (χ0) is 17.8. The number of aromatic nitrogens is 1. The molecule has 0 radical (unpaired) electrons. The molecule has 0 N–H and O–H groups in total. The van der Waals surface area contributed by atoms with Gasteiger partial charge >= 0.3 is 5.97 Å². The molecule has 0 aliphatic heterocycles. The lowest BCUT2D eigenvalue weighted by Crippen LogP contribution is -2.26. The van der Waals surface area contributed by atoms with Crippen molar-refractivity contribution in [3.05, 3.63) is 28.6 Å². The Kier molecular flexibility index (Phi) is 6.75. The molecule has 1 aromatic rings. The van der Waals surface area contributed by atoms with Gasteiger partial charge in [-0.05, 0) is 49.8 Å². The zero-order valence-corrected chi connectivity index (χ0v) is 15.8. The Morgan fingerprint density at radius 3 is 2.22 bits per heavy atom. The third-order valence-electron chi connectivity index (χ3n) is 3.45. The Hall–Kier alpha value is -1.42. The standard InChI is InChI=1S/C19H31NO3/c1-12(2)15-9-14(11-22-8)20-18(13(3)4)16(15)10-17(21)23-19(5,6)7/h9,12-13H,10-11H2,1-8H3. The summed E-state index contributed by atoms with van der Waals surface area (Å²) in [5.41, 5.74) is 3.56. The van der Waals surface area contributed by atoms with Crippen LogP contribution in [0.25, 0.3) is 0 Å². The lowest BCUT2D eigenvalue weighted by atomic mass is 9.90. The van der Waals surface area contributed by atoms with Crippen molar-refractivity contribution in [2.45, 2.75) is 78.9 Å². The summed E-state index contributed by atoms with van der Waals surface area (Å²) in [5, 5.41) is 0. The molecular weight excluding hydrogens is 290 g/mol. The highest BCUT2D eigenvalue weighted by atomic mass is 16.6. The monoisotopic (exact) mass is 321 g/mol. The third kappa shape index (κ3) is 5.94. The van der Waals surface area contributed by atoms with E-state index < -0.39 is 5.60 Å². The van der Waals surface area contributed by atoms with Crippen molar-refractivity contribution in [2.75, 3.05) is 7.11 Å². The van der Waals surface area contributed by atoms with E-state index in [9.17, 15) is 4.79 Å². The molecule has 0 unspecified atom stereocenters. The van der Waals surface area contributed by atoms with Crippen molar-refractivity contribution in [3.63, 3.8) is 0 Å². The van der Waals surface area contributed by atoms with Gasteiger partial charge in [-0.25, -0.2) is 0 Å². The quantitative estimate of drug-likeness (QED) is 0.730. The number of carbonyl (C=O) groups excluding carboxylic acids is 1.